The molecule has 0 spiro atoms. The molecule has 8 heteroatoms. The number of hydrogen-bond donors (Lipinski definition) is 1. The Morgan fingerprint density at radius 3 is 2.38 bits per heavy atom. The highest BCUT2D eigenvalue weighted by atomic mass is 19.4. The lowest BCUT2D eigenvalue weighted by Crippen LogP contribution is -2.16. The van der Waals surface area contributed by atoms with Crippen molar-refractivity contribution >= 4 is 5.95 Å². The van der Waals surface area contributed by atoms with Gasteiger partial charge in [0.25, 0.3) is 0 Å². The van der Waals surface area contributed by atoms with E-state index in [2.05, 4.69) is 20.0 Å². The second-order valence-corrected chi connectivity index (χ2v) is 3.87. The molecule has 0 aliphatic rings. The van der Waals surface area contributed by atoms with Gasteiger partial charge in [-0.15, -0.1) is 13.2 Å². The summed E-state index contributed by atoms with van der Waals surface area (Å²) in [5, 5.41) is 2.92. The molecule has 0 saturated heterocycles. The van der Waals surface area contributed by atoms with Gasteiger partial charge in [-0.05, 0) is 31.2 Å². The van der Waals surface area contributed by atoms with Crippen LogP contribution in [0.3, 0.4) is 0 Å². The Kier molecular flexibility index (Phi) is 4.46. The first-order valence-corrected chi connectivity index (χ1v) is 6.07. The molecule has 1 heterocycles. The summed E-state index contributed by atoms with van der Waals surface area (Å²) in [6, 6.07) is 6.58. The summed E-state index contributed by atoms with van der Waals surface area (Å²) in [4.78, 5) is 8.06. The Balaban J connectivity index is 2.04. The van der Waals surface area contributed by atoms with Crippen LogP contribution in [0.15, 0.2) is 36.5 Å². The van der Waals surface area contributed by atoms with E-state index in [1.165, 1.54) is 18.3 Å². The van der Waals surface area contributed by atoms with Crippen molar-refractivity contribution in [2.24, 2.45) is 0 Å². The maximum Gasteiger partial charge on any atom is 0.573 e. The lowest BCUT2D eigenvalue weighted by atomic mass is 10.3. The van der Waals surface area contributed by atoms with E-state index in [9.17, 15) is 13.2 Å². The van der Waals surface area contributed by atoms with Crippen LogP contribution in [-0.4, -0.2) is 22.9 Å². The van der Waals surface area contributed by atoms with Crippen LogP contribution < -0.4 is 14.8 Å². The molecule has 21 heavy (non-hydrogen) atoms. The topological polar surface area (TPSA) is 56.3 Å². The molecule has 0 aliphatic carbocycles. The molecule has 0 atom stereocenters. The molecule has 0 unspecified atom stereocenters. The average Bonchev–Trinajstić information content (AvgIpc) is 2.40. The van der Waals surface area contributed by atoms with Gasteiger partial charge in [0, 0.05) is 18.8 Å². The lowest BCUT2D eigenvalue weighted by Gasteiger charge is -2.10. The summed E-state index contributed by atoms with van der Waals surface area (Å²) in [6.45, 7) is 2.56. The number of halogens is 3. The van der Waals surface area contributed by atoms with Crippen molar-refractivity contribution in [3.8, 4) is 17.4 Å². The van der Waals surface area contributed by atoms with Crippen LogP contribution >= 0.6 is 0 Å². The molecule has 0 saturated carbocycles. The molecule has 2 rings (SSSR count). The fraction of sp³-hybridized carbons (Fsp3) is 0.231. The number of hydrogen-bond acceptors (Lipinski definition) is 5. The maximum atomic E-state index is 12.0. The van der Waals surface area contributed by atoms with E-state index < -0.39 is 6.36 Å². The second kappa shape index (κ2) is 6.29. The van der Waals surface area contributed by atoms with Crippen molar-refractivity contribution in [1.82, 2.24) is 9.97 Å². The largest absolute Gasteiger partial charge is 0.573 e. The molecule has 0 amide bonds. The third-order valence-corrected chi connectivity index (χ3v) is 2.24. The van der Waals surface area contributed by atoms with Crippen molar-refractivity contribution in [3.05, 3.63) is 36.5 Å². The molecule has 1 aromatic heterocycles. The van der Waals surface area contributed by atoms with Gasteiger partial charge in [0.2, 0.25) is 11.8 Å². The van der Waals surface area contributed by atoms with Crippen LogP contribution in [0.2, 0.25) is 0 Å². The number of nitrogens with one attached hydrogen (secondary N) is 1. The van der Waals surface area contributed by atoms with Crippen molar-refractivity contribution in [1.29, 1.82) is 0 Å². The Hall–Kier alpha value is -2.51. The number of ether oxygens (including phenoxy) is 2. The SMILES string of the molecule is CCNc1nccc(Oc2ccc(OC(F)(F)F)cc2)n1. The Morgan fingerprint density at radius 1 is 1.10 bits per heavy atom. The Bertz CT molecular complexity index is 588. The highest BCUT2D eigenvalue weighted by Crippen LogP contribution is 2.26. The minimum absolute atomic E-state index is 0.283. The number of aromatic nitrogens is 2. The Morgan fingerprint density at radius 2 is 1.76 bits per heavy atom. The number of anilines is 1. The molecule has 1 aromatic carbocycles. The summed E-state index contributed by atoms with van der Waals surface area (Å²) < 4.78 is 45.3. The number of benzene rings is 1. The van der Waals surface area contributed by atoms with Crippen LogP contribution in [0.1, 0.15) is 6.92 Å². The van der Waals surface area contributed by atoms with E-state index in [0.29, 0.717) is 18.2 Å². The number of alkyl halides is 3. The van der Waals surface area contributed by atoms with Gasteiger partial charge in [0.15, 0.2) is 0 Å². The van der Waals surface area contributed by atoms with Gasteiger partial charge < -0.3 is 14.8 Å². The number of nitrogens with zero attached hydrogens (tertiary/aromatic N) is 2. The highest BCUT2D eigenvalue weighted by molar-refractivity contribution is 5.35. The summed E-state index contributed by atoms with van der Waals surface area (Å²) in [6.07, 6.45) is -3.20. The van der Waals surface area contributed by atoms with Crippen LogP contribution in [0.4, 0.5) is 19.1 Å². The first-order chi connectivity index (χ1) is 9.96. The fourth-order valence-corrected chi connectivity index (χ4v) is 1.47. The van der Waals surface area contributed by atoms with Gasteiger partial charge in [-0.3, -0.25) is 0 Å². The van der Waals surface area contributed by atoms with Gasteiger partial charge in [-0.2, -0.15) is 4.98 Å². The summed E-state index contributed by atoms with van der Waals surface area (Å²) in [7, 11) is 0. The second-order valence-electron chi connectivity index (χ2n) is 3.87. The van der Waals surface area contributed by atoms with E-state index >= 15 is 0 Å². The highest BCUT2D eigenvalue weighted by Gasteiger charge is 2.30. The normalized spacial score (nSPS) is 11.0. The minimum Gasteiger partial charge on any atom is -0.439 e. The van der Waals surface area contributed by atoms with Gasteiger partial charge in [0.1, 0.15) is 11.5 Å². The standard InChI is InChI=1S/C13H12F3N3O2/c1-2-17-12-18-8-7-11(19-12)20-9-3-5-10(6-4-9)21-13(14,15)16/h3-8H,2H2,1H3,(H,17,18,19). The van der Waals surface area contributed by atoms with E-state index in [1.54, 1.807) is 6.07 Å². The molecule has 2 aromatic rings. The number of rotatable bonds is 5. The van der Waals surface area contributed by atoms with Crippen LogP contribution in [0, 0.1) is 0 Å². The fourth-order valence-electron chi connectivity index (χ4n) is 1.47. The summed E-state index contributed by atoms with van der Waals surface area (Å²) in [5.74, 6) is 0.717. The molecule has 1 N–H and O–H groups in total. The lowest BCUT2D eigenvalue weighted by molar-refractivity contribution is -0.274. The molecular formula is C13H12F3N3O2. The van der Waals surface area contributed by atoms with E-state index in [-0.39, 0.29) is 11.6 Å². The van der Waals surface area contributed by atoms with Crippen LogP contribution in [-0.2, 0) is 0 Å². The van der Waals surface area contributed by atoms with E-state index in [0.717, 1.165) is 12.1 Å². The quantitative estimate of drug-likeness (QED) is 0.914. The molecule has 112 valence electrons. The van der Waals surface area contributed by atoms with Crippen molar-refractivity contribution in [3.63, 3.8) is 0 Å². The predicted octanol–water partition coefficient (Wildman–Crippen LogP) is 3.60. The first kappa shape index (κ1) is 14.9. The van der Waals surface area contributed by atoms with E-state index in [4.69, 9.17) is 4.74 Å². The van der Waals surface area contributed by atoms with Crippen molar-refractivity contribution in [2.45, 2.75) is 13.3 Å². The molecule has 0 bridgehead atoms. The van der Waals surface area contributed by atoms with Gasteiger partial charge in [-0.1, -0.05) is 0 Å². The van der Waals surface area contributed by atoms with Crippen molar-refractivity contribution < 1.29 is 22.6 Å². The van der Waals surface area contributed by atoms with Gasteiger partial charge in [0.05, 0.1) is 0 Å². The van der Waals surface area contributed by atoms with Gasteiger partial charge in [-0.25, -0.2) is 4.98 Å². The molecular weight excluding hydrogens is 287 g/mol. The zero-order valence-electron chi connectivity index (χ0n) is 11.0. The van der Waals surface area contributed by atoms with Gasteiger partial charge >= 0.3 is 6.36 Å². The average molecular weight is 299 g/mol. The minimum atomic E-state index is -4.71. The summed E-state index contributed by atoms with van der Waals surface area (Å²) in [5.41, 5.74) is 0. The van der Waals surface area contributed by atoms with Crippen molar-refractivity contribution in [2.75, 3.05) is 11.9 Å². The summed E-state index contributed by atoms with van der Waals surface area (Å²) >= 11 is 0. The van der Waals surface area contributed by atoms with Crippen LogP contribution in [0.25, 0.3) is 0 Å². The molecule has 0 fully saturated rings. The third kappa shape index (κ3) is 4.83. The molecule has 0 radical (unpaired) electrons. The maximum absolute atomic E-state index is 12.0. The zero-order valence-corrected chi connectivity index (χ0v) is 11.0. The zero-order chi connectivity index (χ0) is 15.3. The molecule has 5 nitrogen and oxygen atoms in total. The smallest absolute Gasteiger partial charge is 0.439 e. The monoisotopic (exact) mass is 299 g/mol. The van der Waals surface area contributed by atoms with Crippen LogP contribution in [0.5, 0.6) is 17.4 Å². The molecule has 0 aliphatic heterocycles. The first-order valence-electron chi connectivity index (χ1n) is 6.07. The third-order valence-electron chi connectivity index (χ3n) is 2.24. The van der Waals surface area contributed by atoms with E-state index in [1.807, 2.05) is 6.92 Å². The predicted molar refractivity (Wildman–Crippen MR) is 69.4 cm³/mol. The Labute approximate surface area is 118 Å².